The Kier molecular flexibility index (Phi) is 4.37. The van der Waals surface area contributed by atoms with Crippen molar-refractivity contribution in [2.24, 2.45) is 0 Å². The van der Waals surface area contributed by atoms with E-state index < -0.39 is 0 Å². The number of aliphatic hydroxyl groups excluding tert-OH is 1. The van der Waals surface area contributed by atoms with Crippen LogP contribution in [0.2, 0.25) is 0 Å². The molecule has 0 aliphatic heterocycles. The molecule has 18 heavy (non-hydrogen) atoms. The molecule has 0 aromatic heterocycles. The number of rotatable bonds is 5. The fraction of sp³-hybridized carbons (Fsp3) is 0.533. The summed E-state index contributed by atoms with van der Waals surface area (Å²) in [5, 5.41) is 11.9. The number of aliphatic hydroxyl groups is 1. The molecule has 0 radical (unpaired) electrons. The van der Waals surface area contributed by atoms with Gasteiger partial charge in [0, 0.05) is 6.54 Å². The summed E-state index contributed by atoms with van der Waals surface area (Å²) in [7, 11) is 0. The summed E-state index contributed by atoms with van der Waals surface area (Å²) in [6.07, 6.45) is 4.25. The molecule has 1 aromatic rings. The van der Waals surface area contributed by atoms with Crippen LogP contribution in [-0.2, 0) is 24.1 Å². The van der Waals surface area contributed by atoms with Crippen LogP contribution in [0.1, 0.15) is 36.5 Å². The van der Waals surface area contributed by atoms with Crippen molar-refractivity contribution in [2.75, 3.05) is 6.54 Å². The Balaban J connectivity index is 1.84. The Morgan fingerprint density at radius 1 is 1.39 bits per heavy atom. The maximum absolute atomic E-state index is 11.7. The lowest BCUT2D eigenvalue weighted by Gasteiger charge is -2.08. The molecule has 2 N–H and O–H groups in total. The van der Waals surface area contributed by atoms with Crippen molar-refractivity contribution in [3.63, 3.8) is 0 Å². The van der Waals surface area contributed by atoms with Crippen molar-refractivity contribution in [3.05, 3.63) is 34.9 Å². The summed E-state index contributed by atoms with van der Waals surface area (Å²) >= 11 is 0. The van der Waals surface area contributed by atoms with Crippen LogP contribution < -0.4 is 5.32 Å². The van der Waals surface area contributed by atoms with Gasteiger partial charge in [-0.2, -0.15) is 0 Å². The first kappa shape index (κ1) is 13.1. The van der Waals surface area contributed by atoms with Crippen LogP contribution in [0, 0.1) is 0 Å². The fourth-order valence-electron chi connectivity index (χ4n) is 2.40. The molecular weight excluding hydrogens is 226 g/mol. The van der Waals surface area contributed by atoms with Crippen LogP contribution in [0.5, 0.6) is 0 Å². The molecule has 0 spiro atoms. The average molecular weight is 247 g/mol. The lowest BCUT2D eigenvalue weighted by atomic mass is 10.0. The number of nitrogens with one attached hydrogen (secondary N) is 1. The molecule has 0 saturated carbocycles. The van der Waals surface area contributed by atoms with Gasteiger partial charge in [-0.1, -0.05) is 18.2 Å². The molecule has 0 saturated heterocycles. The van der Waals surface area contributed by atoms with Crippen LogP contribution >= 0.6 is 0 Å². The van der Waals surface area contributed by atoms with E-state index in [9.17, 15) is 4.79 Å². The van der Waals surface area contributed by atoms with E-state index in [0.29, 0.717) is 19.4 Å². The minimum absolute atomic E-state index is 0.0357. The van der Waals surface area contributed by atoms with Crippen molar-refractivity contribution in [1.82, 2.24) is 5.32 Å². The zero-order chi connectivity index (χ0) is 13.0. The van der Waals surface area contributed by atoms with Crippen molar-refractivity contribution in [3.8, 4) is 0 Å². The van der Waals surface area contributed by atoms with Gasteiger partial charge in [0.1, 0.15) is 0 Å². The highest BCUT2D eigenvalue weighted by molar-refractivity contribution is 5.78. The number of carbonyl (C=O) groups excluding carboxylic acids is 1. The van der Waals surface area contributed by atoms with Crippen molar-refractivity contribution in [2.45, 2.75) is 45.1 Å². The highest BCUT2D eigenvalue weighted by atomic mass is 16.3. The van der Waals surface area contributed by atoms with Gasteiger partial charge >= 0.3 is 0 Å². The quantitative estimate of drug-likeness (QED) is 0.830. The van der Waals surface area contributed by atoms with Crippen molar-refractivity contribution < 1.29 is 9.90 Å². The molecule has 0 fully saturated rings. The highest BCUT2D eigenvalue weighted by Gasteiger charge is 2.12. The molecule has 3 heteroatoms. The molecule has 0 heterocycles. The second kappa shape index (κ2) is 6.01. The lowest BCUT2D eigenvalue weighted by molar-refractivity contribution is -0.120. The second-order valence-electron chi connectivity index (χ2n) is 5.12. The first-order chi connectivity index (χ1) is 8.65. The smallest absolute Gasteiger partial charge is 0.224 e. The van der Waals surface area contributed by atoms with Gasteiger partial charge in [-0.15, -0.1) is 0 Å². The summed E-state index contributed by atoms with van der Waals surface area (Å²) in [5.41, 5.74) is 3.93. The third-order valence-electron chi connectivity index (χ3n) is 3.41. The molecule has 1 unspecified atom stereocenters. The second-order valence-corrected chi connectivity index (χ2v) is 5.12. The molecule has 1 amide bonds. The van der Waals surface area contributed by atoms with Crippen LogP contribution in [0.15, 0.2) is 18.2 Å². The molecule has 1 aliphatic rings. The first-order valence-electron chi connectivity index (χ1n) is 6.70. The summed E-state index contributed by atoms with van der Waals surface area (Å²) in [5.74, 6) is 0.0357. The Bertz CT molecular complexity index is 427. The minimum Gasteiger partial charge on any atom is -0.393 e. The average Bonchev–Trinajstić information content (AvgIpc) is 2.75. The maximum atomic E-state index is 11.7. The van der Waals surface area contributed by atoms with Crippen LogP contribution in [0.25, 0.3) is 0 Å². The zero-order valence-electron chi connectivity index (χ0n) is 10.9. The molecule has 0 bridgehead atoms. The SMILES string of the molecule is CC(O)CCNC(=O)Cc1ccc2c(c1)CCC2. The molecule has 2 rings (SSSR count). The highest BCUT2D eigenvalue weighted by Crippen LogP contribution is 2.22. The maximum Gasteiger partial charge on any atom is 0.224 e. The number of fused-ring (bicyclic) bond motifs is 1. The Hall–Kier alpha value is -1.35. The number of aryl methyl sites for hydroxylation is 2. The Morgan fingerprint density at radius 2 is 2.17 bits per heavy atom. The number of hydrogen-bond acceptors (Lipinski definition) is 2. The number of amides is 1. The Morgan fingerprint density at radius 3 is 2.94 bits per heavy atom. The molecule has 98 valence electrons. The monoisotopic (exact) mass is 247 g/mol. The largest absolute Gasteiger partial charge is 0.393 e. The zero-order valence-corrected chi connectivity index (χ0v) is 10.9. The standard InChI is InChI=1S/C15H21NO2/c1-11(17)7-8-16-15(18)10-12-5-6-13-3-2-4-14(13)9-12/h5-6,9,11,17H,2-4,7-8,10H2,1H3,(H,16,18). The molecular formula is C15H21NO2. The van der Waals surface area contributed by atoms with Crippen molar-refractivity contribution in [1.29, 1.82) is 0 Å². The summed E-state index contributed by atoms with van der Waals surface area (Å²) in [6, 6.07) is 6.37. The predicted molar refractivity (Wildman–Crippen MR) is 71.5 cm³/mol. The van der Waals surface area contributed by atoms with E-state index in [0.717, 1.165) is 12.0 Å². The van der Waals surface area contributed by atoms with Gasteiger partial charge in [0.2, 0.25) is 5.91 Å². The molecule has 3 nitrogen and oxygen atoms in total. The van der Waals surface area contributed by atoms with E-state index >= 15 is 0 Å². The van der Waals surface area contributed by atoms with E-state index in [4.69, 9.17) is 5.11 Å². The van der Waals surface area contributed by atoms with Gasteiger partial charge in [-0.25, -0.2) is 0 Å². The van der Waals surface area contributed by atoms with Gasteiger partial charge in [-0.05, 0) is 49.3 Å². The summed E-state index contributed by atoms with van der Waals surface area (Å²) in [4.78, 5) is 11.7. The van der Waals surface area contributed by atoms with Gasteiger partial charge < -0.3 is 10.4 Å². The van der Waals surface area contributed by atoms with Crippen LogP contribution in [0.3, 0.4) is 0 Å². The number of benzene rings is 1. The third-order valence-corrected chi connectivity index (χ3v) is 3.41. The normalized spacial score (nSPS) is 15.2. The van der Waals surface area contributed by atoms with Gasteiger partial charge in [0.15, 0.2) is 0 Å². The predicted octanol–water partition coefficient (Wildman–Crippen LogP) is 1.60. The topological polar surface area (TPSA) is 49.3 Å². The van der Waals surface area contributed by atoms with E-state index in [1.54, 1.807) is 6.92 Å². The van der Waals surface area contributed by atoms with E-state index in [2.05, 4.69) is 23.5 Å². The number of hydrogen-bond donors (Lipinski definition) is 2. The van der Waals surface area contributed by atoms with Gasteiger partial charge in [-0.3, -0.25) is 4.79 Å². The van der Waals surface area contributed by atoms with Gasteiger partial charge in [0.05, 0.1) is 12.5 Å². The number of carbonyl (C=O) groups is 1. The molecule has 1 atom stereocenters. The fourth-order valence-corrected chi connectivity index (χ4v) is 2.40. The lowest BCUT2D eigenvalue weighted by Crippen LogP contribution is -2.27. The van der Waals surface area contributed by atoms with Crippen LogP contribution in [0.4, 0.5) is 0 Å². The van der Waals surface area contributed by atoms with E-state index in [1.807, 2.05) is 0 Å². The van der Waals surface area contributed by atoms with Crippen molar-refractivity contribution >= 4 is 5.91 Å². The van der Waals surface area contributed by atoms with E-state index in [-0.39, 0.29) is 12.0 Å². The van der Waals surface area contributed by atoms with Gasteiger partial charge in [0.25, 0.3) is 0 Å². The van der Waals surface area contributed by atoms with Crippen LogP contribution in [-0.4, -0.2) is 23.7 Å². The first-order valence-corrected chi connectivity index (χ1v) is 6.70. The minimum atomic E-state index is -0.356. The third kappa shape index (κ3) is 3.57. The Labute approximate surface area is 108 Å². The summed E-state index contributed by atoms with van der Waals surface area (Å²) in [6.45, 7) is 2.27. The summed E-state index contributed by atoms with van der Waals surface area (Å²) < 4.78 is 0. The molecule has 1 aliphatic carbocycles. The van der Waals surface area contributed by atoms with E-state index in [1.165, 1.54) is 24.0 Å². The molecule has 1 aromatic carbocycles.